The lowest BCUT2D eigenvalue weighted by Crippen LogP contribution is -2.50. The van der Waals surface area contributed by atoms with Crippen LogP contribution in [-0.4, -0.2) is 25.2 Å². The van der Waals surface area contributed by atoms with Gasteiger partial charge in [-0.2, -0.15) is 0 Å². The SMILES string of the molecule is CC(C(=O)NC1COC1)C1CC1. The molecule has 0 spiro atoms. The molecule has 1 aliphatic carbocycles. The number of nitrogens with one attached hydrogen (secondary N) is 1. The molecule has 3 nitrogen and oxygen atoms in total. The molecular formula is C9H15NO2. The molecular weight excluding hydrogens is 154 g/mol. The molecule has 0 aromatic rings. The average Bonchev–Trinajstić information content (AvgIpc) is 2.77. The molecule has 1 unspecified atom stereocenters. The van der Waals surface area contributed by atoms with E-state index in [9.17, 15) is 4.79 Å². The van der Waals surface area contributed by atoms with Gasteiger partial charge in [-0.3, -0.25) is 4.79 Å². The highest BCUT2D eigenvalue weighted by molar-refractivity contribution is 5.79. The summed E-state index contributed by atoms with van der Waals surface area (Å²) in [5, 5.41) is 2.97. The highest BCUT2D eigenvalue weighted by atomic mass is 16.5. The number of hydrogen-bond acceptors (Lipinski definition) is 2. The van der Waals surface area contributed by atoms with Crippen LogP contribution in [0.25, 0.3) is 0 Å². The quantitative estimate of drug-likeness (QED) is 0.670. The van der Waals surface area contributed by atoms with Crippen LogP contribution in [0.3, 0.4) is 0 Å². The Morgan fingerprint density at radius 2 is 2.17 bits per heavy atom. The Hall–Kier alpha value is -0.570. The van der Waals surface area contributed by atoms with Gasteiger partial charge in [0.1, 0.15) is 0 Å². The van der Waals surface area contributed by atoms with E-state index in [2.05, 4.69) is 5.32 Å². The summed E-state index contributed by atoms with van der Waals surface area (Å²) in [5.41, 5.74) is 0. The largest absolute Gasteiger partial charge is 0.377 e. The lowest BCUT2D eigenvalue weighted by atomic mass is 10.1. The summed E-state index contributed by atoms with van der Waals surface area (Å²) in [6.07, 6.45) is 2.46. The zero-order chi connectivity index (χ0) is 8.55. The molecule has 0 bridgehead atoms. The van der Waals surface area contributed by atoms with Crippen molar-refractivity contribution >= 4 is 5.91 Å². The van der Waals surface area contributed by atoms with Crippen molar-refractivity contribution in [3.8, 4) is 0 Å². The monoisotopic (exact) mass is 169 g/mol. The van der Waals surface area contributed by atoms with E-state index < -0.39 is 0 Å². The van der Waals surface area contributed by atoms with E-state index in [1.54, 1.807) is 0 Å². The van der Waals surface area contributed by atoms with Gasteiger partial charge in [-0.25, -0.2) is 0 Å². The van der Waals surface area contributed by atoms with Crippen molar-refractivity contribution in [3.05, 3.63) is 0 Å². The maximum atomic E-state index is 11.5. The molecule has 1 saturated heterocycles. The second-order valence-electron chi connectivity index (χ2n) is 3.87. The normalized spacial score (nSPS) is 26.1. The van der Waals surface area contributed by atoms with Gasteiger partial charge in [-0.15, -0.1) is 0 Å². The number of ether oxygens (including phenoxy) is 1. The smallest absolute Gasteiger partial charge is 0.223 e. The van der Waals surface area contributed by atoms with Gasteiger partial charge < -0.3 is 10.1 Å². The highest BCUT2D eigenvalue weighted by Crippen LogP contribution is 2.36. The predicted octanol–water partition coefficient (Wildman–Crippen LogP) is 0.547. The van der Waals surface area contributed by atoms with Gasteiger partial charge in [0.05, 0.1) is 19.3 Å². The molecule has 68 valence electrons. The van der Waals surface area contributed by atoms with Crippen LogP contribution in [0.15, 0.2) is 0 Å². The van der Waals surface area contributed by atoms with Crippen LogP contribution in [0.1, 0.15) is 19.8 Å². The Bertz CT molecular complexity index is 185. The van der Waals surface area contributed by atoms with Crippen LogP contribution in [0.2, 0.25) is 0 Å². The van der Waals surface area contributed by atoms with Crippen LogP contribution in [-0.2, 0) is 9.53 Å². The first-order valence-electron chi connectivity index (χ1n) is 4.65. The molecule has 2 fully saturated rings. The molecule has 1 atom stereocenters. The van der Waals surface area contributed by atoms with Crippen molar-refractivity contribution < 1.29 is 9.53 Å². The molecule has 0 radical (unpaired) electrons. The molecule has 3 heteroatoms. The molecule has 1 amide bonds. The Kier molecular flexibility index (Phi) is 2.05. The average molecular weight is 169 g/mol. The van der Waals surface area contributed by atoms with Crippen LogP contribution in [0.4, 0.5) is 0 Å². The highest BCUT2D eigenvalue weighted by Gasteiger charge is 2.34. The van der Waals surface area contributed by atoms with E-state index in [0.29, 0.717) is 25.2 Å². The molecule has 12 heavy (non-hydrogen) atoms. The molecule has 0 aromatic heterocycles. The number of rotatable bonds is 3. The molecule has 2 aliphatic rings. The van der Waals surface area contributed by atoms with Crippen LogP contribution >= 0.6 is 0 Å². The molecule has 1 saturated carbocycles. The van der Waals surface area contributed by atoms with E-state index in [1.807, 2.05) is 6.92 Å². The van der Waals surface area contributed by atoms with E-state index in [-0.39, 0.29) is 11.8 Å². The van der Waals surface area contributed by atoms with Crippen molar-refractivity contribution in [2.45, 2.75) is 25.8 Å². The Labute approximate surface area is 72.5 Å². The van der Waals surface area contributed by atoms with Gasteiger partial charge in [0.2, 0.25) is 5.91 Å². The minimum absolute atomic E-state index is 0.214. The summed E-state index contributed by atoms with van der Waals surface area (Å²) < 4.78 is 4.98. The number of carbonyl (C=O) groups is 1. The fourth-order valence-corrected chi connectivity index (χ4v) is 1.46. The maximum Gasteiger partial charge on any atom is 0.223 e. The van der Waals surface area contributed by atoms with Gasteiger partial charge in [0, 0.05) is 5.92 Å². The summed E-state index contributed by atoms with van der Waals surface area (Å²) in [6, 6.07) is 0.290. The Balaban J connectivity index is 1.74. The Morgan fingerprint density at radius 3 is 2.58 bits per heavy atom. The third kappa shape index (κ3) is 1.61. The third-order valence-electron chi connectivity index (χ3n) is 2.73. The second kappa shape index (κ2) is 3.05. The van der Waals surface area contributed by atoms with Crippen LogP contribution in [0.5, 0.6) is 0 Å². The van der Waals surface area contributed by atoms with Crippen molar-refractivity contribution in [1.82, 2.24) is 5.32 Å². The summed E-state index contributed by atoms with van der Waals surface area (Å²) >= 11 is 0. The third-order valence-corrected chi connectivity index (χ3v) is 2.73. The van der Waals surface area contributed by atoms with Crippen molar-refractivity contribution in [2.75, 3.05) is 13.2 Å². The molecule has 1 N–H and O–H groups in total. The summed E-state index contributed by atoms with van der Waals surface area (Å²) in [5.74, 6) is 1.09. The zero-order valence-corrected chi connectivity index (χ0v) is 7.38. The fraction of sp³-hybridized carbons (Fsp3) is 0.889. The Morgan fingerprint density at radius 1 is 1.50 bits per heavy atom. The van der Waals surface area contributed by atoms with Crippen molar-refractivity contribution in [3.63, 3.8) is 0 Å². The lowest BCUT2D eigenvalue weighted by molar-refractivity contribution is -0.129. The van der Waals surface area contributed by atoms with E-state index in [0.717, 1.165) is 0 Å². The molecule has 2 rings (SSSR count). The predicted molar refractivity (Wildman–Crippen MR) is 44.6 cm³/mol. The first-order valence-corrected chi connectivity index (χ1v) is 4.65. The van der Waals surface area contributed by atoms with Crippen LogP contribution < -0.4 is 5.32 Å². The van der Waals surface area contributed by atoms with Gasteiger partial charge in [-0.05, 0) is 18.8 Å². The maximum absolute atomic E-state index is 11.5. The number of amides is 1. The zero-order valence-electron chi connectivity index (χ0n) is 7.38. The minimum atomic E-state index is 0.214. The summed E-state index contributed by atoms with van der Waals surface area (Å²) in [7, 11) is 0. The number of carbonyl (C=O) groups excluding carboxylic acids is 1. The summed E-state index contributed by atoms with van der Waals surface area (Å²) in [6.45, 7) is 3.42. The minimum Gasteiger partial charge on any atom is -0.377 e. The second-order valence-corrected chi connectivity index (χ2v) is 3.87. The first-order chi connectivity index (χ1) is 5.77. The molecule has 1 aliphatic heterocycles. The number of hydrogen-bond donors (Lipinski definition) is 1. The summed E-state index contributed by atoms with van der Waals surface area (Å²) in [4.78, 5) is 11.5. The fourth-order valence-electron chi connectivity index (χ4n) is 1.46. The lowest BCUT2D eigenvalue weighted by Gasteiger charge is -2.28. The van der Waals surface area contributed by atoms with Gasteiger partial charge >= 0.3 is 0 Å². The topological polar surface area (TPSA) is 38.3 Å². The molecule has 1 heterocycles. The van der Waals surface area contributed by atoms with Crippen molar-refractivity contribution in [2.24, 2.45) is 11.8 Å². The molecule has 0 aromatic carbocycles. The van der Waals surface area contributed by atoms with E-state index in [1.165, 1.54) is 12.8 Å². The van der Waals surface area contributed by atoms with Crippen molar-refractivity contribution in [1.29, 1.82) is 0 Å². The van der Waals surface area contributed by atoms with E-state index >= 15 is 0 Å². The first kappa shape index (κ1) is 8.05. The van der Waals surface area contributed by atoms with E-state index in [4.69, 9.17) is 4.74 Å². The van der Waals surface area contributed by atoms with Gasteiger partial charge in [-0.1, -0.05) is 6.92 Å². The van der Waals surface area contributed by atoms with Gasteiger partial charge in [0.25, 0.3) is 0 Å². The standard InChI is InChI=1S/C9H15NO2/c1-6(7-2-3-7)9(11)10-8-4-12-5-8/h6-8H,2-5H2,1H3,(H,10,11). The van der Waals surface area contributed by atoms with Gasteiger partial charge in [0.15, 0.2) is 0 Å². The van der Waals surface area contributed by atoms with Crippen LogP contribution in [0, 0.1) is 11.8 Å².